The van der Waals surface area contributed by atoms with Crippen molar-refractivity contribution in [2.45, 2.75) is 71.1 Å². The van der Waals surface area contributed by atoms with Gasteiger partial charge in [0.15, 0.2) is 0 Å². The van der Waals surface area contributed by atoms with E-state index < -0.39 is 0 Å². The third kappa shape index (κ3) is 2.41. The van der Waals surface area contributed by atoms with Crippen molar-refractivity contribution in [1.29, 1.82) is 0 Å². The molecular formula is C17H26. The maximum Gasteiger partial charge on any atom is -0.0101 e. The van der Waals surface area contributed by atoms with Crippen molar-refractivity contribution in [2.75, 3.05) is 0 Å². The molecule has 0 radical (unpaired) electrons. The lowest BCUT2D eigenvalue weighted by atomic mass is 9.75. The summed E-state index contributed by atoms with van der Waals surface area (Å²) in [6.07, 6.45) is 5.31. The first-order valence-corrected chi connectivity index (χ1v) is 6.95. The van der Waals surface area contributed by atoms with Crippen LogP contribution in [-0.4, -0.2) is 0 Å². The summed E-state index contributed by atoms with van der Waals surface area (Å²) in [6.45, 7) is 11.8. The number of rotatable bonds is 0. The predicted molar refractivity (Wildman–Crippen MR) is 75.7 cm³/mol. The summed E-state index contributed by atoms with van der Waals surface area (Å²) in [7, 11) is 0. The highest BCUT2D eigenvalue weighted by atomic mass is 14.3. The molecule has 0 unspecified atom stereocenters. The zero-order valence-electron chi connectivity index (χ0n) is 12.1. The fraction of sp³-hybridized carbons (Fsp3) is 0.647. The van der Waals surface area contributed by atoms with Gasteiger partial charge in [0, 0.05) is 0 Å². The van der Waals surface area contributed by atoms with E-state index >= 15 is 0 Å². The van der Waals surface area contributed by atoms with Gasteiger partial charge in [-0.2, -0.15) is 0 Å². The molecule has 0 atom stereocenters. The summed E-state index contributed by atoms with van der Waals surface area (Å²) in [5, 5.41) is 0. The predicted octanol–water partition coefficient (Wildman–Crippen LogP) is 4.99. The summed E-state index contributed by atoms with van der Waals surface area (Å²) in [5.74, 6) is 0. The molecule has 0 N–H and O–H groups in total. The molecule has 2 rings (SSSR count). The fourth-order valence-electron chi connectivity index (χ4n) is 3.20. The van der Waals surface area contributed by atoms with Crippen LogP contribution in [-0.2, 0) is 17.3 Å². The molecule has 0 saturated heterocycles. The summed E-state index contributed by atoms with van der Waals surface area (Å²) >= 11 is 0. The summed E-state index contributed by atoms with van der Waals surface area (Å²) in [6, 6.07) is 6.95. The normalized spacial score (nSPS) is 19.6. The Morgan fingerprint density at radius 2 is 1.76 bits per heavy atom. The van der Waals surface area contributed by atoms with Gasteiger partial charge in [-0.25, -0.2) is 0 Å². The second-order valence-corrected chi connectivity index (χ2v) is 7.17. The molecule has 1 aliphatic rings. The molecule has 1 aliphatic carbocycles. The summed E-state index contributed by atoms with van der Waals surface area (Å²) in [4.78, 5) is 0. The Morgan fingerprint density at radius 3 is 2.41 bits per heavy atom. The second-order valence-electron chi connectivity index (χ2n) is 7.17. The Morgan fingerprint density at radius 1 is 1.06 bits per heavy atom. The molecule has 0 heterocycles. The van der Waals surface area contributed by atoms with Crippen LogP contribution in [0.5, 0.6) is 0 Å². The third-order valence-corrected chi connectivity index (χ3v) is 4.19. The number of benzene rings is 1. The van der Waals surface area contributed by atoms with Crippen LogP contribution in [0.4, 0.5) is 0 Å². The Bertz CT molecular complexity index is 405. The van der Waals surface area contributed by atoms with Crippen molar-refractivity contribution in [3.05, 3.63) is 34.9 Å². The average Bonchev–Trinajstić information content (AvgIpc) is 2.36. The molecule has 1 aromatic carbocycles. The lowest BCUT2D eigenvalue weighted by molar-refractivity contribution is 0.467. The van der Waals surface area contributed by atoms with Gasteiger partial charge >= 0.3 is 0 Å². The molecule has 0 saturated carbocycles. The van der Waals surface area contributed by atoms with E-state index in [1.807, 2.05) is 0 Å². The van der Waals surface area contributed by atoms with E-state index in [1.54, 1.807) is 16.7 Å². The molecule has 0 aliphatic heterocycles. The first kappa shape index (κ1) is 12.7. The largest absolute Gasteiger partial charge is 0.0617 e. The fourth-order valence-corrected chi connectivity index (χ4v) is 3.20. The smallest absolute Gasteiger partial charge is 0.0101 e. The zero-order chi connectivity index (χ0) is 12.7. The van der Waals surface area contributed by atoms with Crippen molar-refractivity contribution < 1.29 is 0 Å². The van der Waals surface area contributed by atoms with E-state index in [-0.39, 0.29) is 5.41 Å². The summed E-state index contributed by atoms with van der Waals surface area (Å²) < 4.78 is 0. The van der Waals surface area contributed by atoms with E-state index in [0.717, 1.165) is 0 Å². The molecule has 0 aromatic heterocycles. The van der Waals surface area contributed by atoms with Crippen molar-refractivity contribution >= 4 is 0 Å². The van der Waals surface area contributed by atoms with E-state index in [1.165, 1.54) is 25.7 Å². The quantitative estimate of drug-likeness (QED) is 0.551. The van der Waals surface area contributed by atoms with Crippen LogP contribution in [0, 0.1) is 0 Å². The van der Waals surface area contributed by atoms with Gasteiger partial charge in [-0.3, -0.25) is 0 Å². The minimum Gasteiger partial charge on any atom is -0.0617 e. The highest BCUT2D eigenvalue weighted by Gasteiger charge is 2.29. The maximum absolute atomic E-state index is 2.41. The molecule has 17 heavy (non-hydrogen) atoms. The first-order valence-electron chi connectivity index (χ1n) is 6.95. The van der Waals surface area contributed by atoms with Crippen molar-refractivity contribution in [3.63, 3.8) is 0 Å². The Labute approximate surface area is 106 Å². The highest BCUT2D eigenvalue weighted by molar-refractivity contribution is 5.43. The van der Waals surface area contributed by atoms with Gasteiger partial charge in [0.2, 0.25) is 0 Å². The molecule has 0 spiro atoms. The monoisotopic (exact) mass is 230 g/mol. The van der Waals surface area contributed by atoms with Gasteiger partial charge in [0.1, 0.15) is 0 Å². The topological polar surface area (TPSA) is 0 Å². The maximum atomic E-state index is 2.41. The molecular weight excluding hydrogens is 204 g/mol. The van der Waals surface area contributed by atoms with Crippen LogP contribution in [0.2, 0.25) is 0 Å². The van der Waals surface area contributed by atoms with Gasteiger partial charge in [-0.15, -0.1) is 0 Å². The Balaban J connectivity index is 2.61. The van der Waals surface area contributed by atoms with Crippen LogP contribution in [0.3, 0.4) is 0 Å². The van der Waals surface area contributed by atoms with Crippen LogP contribution >= 0.6 is 0 Å². The minimum absolute atomic E-state index is 0.270. The van der Waals surface area contributed by atoms with Crippen LogP contribution in [0.15, 0.2) is 18.2 Å². The van der Waals surface area contributed by atoms with E-state index in [2.05, 4.69) is 52.8 Å². The van der Waals surface area contributed by atoms with E-state index in [9.17, 15) is 0 Å². The average molecular weight is 230 g/mol. The molecule has 0 bridgehead atoms. The van der Waals surface area contributed by atoms with Gasteiger partial charge in [-0.05, 0) is 46.8 Å². The van der Waals surface area contributed by atoms with Crippen LogP contribution in [0.25, 0.3) is 0 Å². The standard InChI is InChI=1S/C17H26/c1-16(2,3)14-10-8-11-15-13(14)9-6-7-12-17(15,4)5/h8,10-11H,6-7,9,12H2,1-5H3. The highest BCUT2D eigenvalue weighted by Crippen LogP contribution is 2.39. The SMILES string of the molecule is CC(C)(C)c1cccc2c1CCCCC2(C)C. The van der Waals surface area contributed by atoms with Gasteiger partial charge in [-0.1, -0.05) is 59.2 Å². The van der Waals surface area contributed by atoms with E-state index in [0.29, 0.717) is 5.41 Å². The number of hydrogen-bond acceptors (Lipinski definition) is 0. The molecule has 0 amide bonds. The van der Waals surface area contributed by atoms with Crippen molar-refractivity contribution in [1.82, 2.24) is 0 Å². The number of hydrogen-bond donors (Lipinski definition) is 0. The molecule has 0 nitrogen and oxygen atoms in total. The van der Waals surface area contributed by atoms with Gasteiger partial charge < -0.3 is 0 Å². The third-order valence-electron chi connectivity index (χ3n) is 4.19. The first-order chi connectivity index (χ1) is 7.82. The lowest BCUT2D eigenvalue weighted by Crippen LogP contribution is -2.21. The van der Waals surface area contributed by atoms with Crippen molar-refractivity contribution in [3.8, 4) is 0 Å². The molecule has 0 fully saturated rings. The Kier molecular flexibility index (Phi) is 3.10. The van der Waals surface area contributed by atoms with E-state index in [4.69, 9.17) is 0 Å². The minimum atomic E-state index is 0.270. The van der Waals surface area contributed by atoms with Crippen LogP contribution < -0.4 is 0 Å². The lowest BCUT2D eigenvalue weighted by Gasteiger charge is -2.30. The molecule has 94 valence electrons. The van der Waals surface area contributed by atoms with Gasteiger partial charge in [0.05, 0.1) is 0 Å². The number of fused-ring (bicyclic) bond motifs is 1. The second kappa shape index (κ2) is 4.15. The Hall–Kier alpha value is -0.780. The van der Waals surface area contributed by atoms with Gasteiger partial charge in [0.25, 0.3) is 0 Å². The summed E-state index contributed by atoms with van der Waals surface area (Å²) in [5.41, 5.74) is 5.42. The molecule has 1 aromatic rings. The molecule has 0 heteroatoms. The van der Waals surface area contributed by atoms with Crippen LogP contribution in [0.1, 0.15) is 70.6 Å². The van der Waals surface area contributed by atoms with Crippen molar-refractivity contribution in [2.24, 2.45) is 0 Å². The zero-order valence-corrected chi connectivity index (χ0v) is 12.1.